The second-order valence-corrected chi connectivity index (χ2v) is 8.60. The lowest BCUT2D eigenvalue weighted by Crippen LogP contribution is -2.50. The third-order valence-electron chi connectivity index (χ3n) is 7.56. The van der Waals surface area contributed by atoms with Gasteiger partial charge in [0.1, 0.15) is 5.75 Å². The first-order valence-corrected chi connectivity index (χ1v) is 9.48. The molecule has 2 N–H and O–H groups in total. The lowest BCUT2D eigenvalue weighted by atomic mass is 9.53. The van der Waals surface area contributed by atoms with Gasteiger partial charge in [0.25, 0.3) is 0 Å². The summed E-state index contributed by atoms with van der Waals surface area (Å²) in [5.74, 6) is 2.67. The largest absolute Gasteiger partial charge is 0.497 e. The zero-order chi connectivity index (χ0) is 17.1. The zero-order valence-electron chi connectivity index (χ0n) is 15.0. The summed E-state index contributed by atoms with van der Waals surface area (Å²) in [5, 5.41) is 21.3. The highest BCUT2D eigenvalue weighted by Gasteiger charge is 2.58. The molecule has 132 valence electrons. The monoisotopic (exact) mass is 330 g/mol. The summed E-state index contributed by atoms with van der Waals surface area (Å²) in [4.78, 5) is 0. The average molecular weight is 330 g/mol. The van der Waals surface area contributed by atoms with Gasteiger partial charge in [-0.2, -0.15) is 0 Å². The molecule has 0 radical (unpaired) electrons. The molecule has 4 rings (SSSR count). The molecule has 0 aromatic heterocycles. The number of fused-ring (bicyclic) bond motifs is 5. The fraction of sp³-hybridized carbons (Fsp3) is 0.714. The molecule has 0 amide bonds. The van der Waals surface area contributed by atoms with Crippen molar-refractivity contribution in [3.63, 3.8) is 0 Å². The summed E-state index contributed by atoms with van der Waals surface area (Å²) in [5.41, 5.74) is 2.77. The van der Waals surface area contributed by atoms with Crippen LogP contribution in [0.1, 0.15) is 56.6 Å². The van der Waals surface area contributed by atoms with E-state index >= 15 is 0 Å². The number of aryl methyl sites for hydroxylation is 1. The number of hydrogen-bond acceptors (Lipinski definition) is 3. The van der Waals surface area contributed by atoms with Gasteiger partial charge in [0.15, 0.2) is 0 Å². The number of rotatable bonds is 2. The Labute approximate surface area is 145 Å². The highest BCUT2D eigenvalue weighted by molar-refractivity contribution is 5.41. The Hall–Kier alpha value is -1.06. The molecule has 0 aliphatic heterocycles. The second kappa shape index (κ2) is 5.74. The summed E-state index contributed by atoms with van der Waals surface area (Å²) in [6.45, 7) is 4.25. The van der Waals surface area contributed by atoms with E-state index in [1.54, 1.807) is 7.11 Å². The molecule has 0 bridgehead atoms. The quantitative estimate of drug-likeness (QED) is 0.872. The van der Waals surface area contributed by atoms with Crippen LogP contribution in [0.3, 0.4) is 0 Å². The predicted octanol–water partition coefficient (Wildman–Crippen LogP) is 3.52. The molecular formula is C21H30O3. The molecule has 3 heteroatoms. The van der Waals surface area contributed by atoms with Gasteiger partial charge in [0.05, 0.1) is 19.3 Å². The predicted molar refractivity (Wildman–Crippen MR) is 94.2 cm³/mol. The average Bonchev–Trinajstić information content (AvgIpc) is 2.90. The lowest BCUT2D eigenvalue weighted by Gasteiger charge is -2.53. The molecule has 0 heterocycles. The van der Waals surface area contributed by atoms with Crippen molar-refractivity contribution in [2.75, 3.05) is 7.11 Å². The van der Waals surface area contributed by atoms with Crippen LogP contribution in [-0.4, -0.2) is 29.5 Å². The minimum absolute atomic E-state index is 0.0821. The molecule has 7 atom stereocenters. The summed E-state index contributed by atoms with van der Waals surface area (Å²) < 4.78 is 5.38. The van der Waals surface area contributed by atoms with Gasteiger partial charge in [-0.25, -0.2) is 0 Å². The Kier molecular flexibility index (Phi) is 3.92. The van der Waals surface area contributed by atoms with Crippen LogP contribution < -0.4 is 4.74 Å². The molecular weight excluding hydrogens is 300 g/mol. The van der Waals surface area contributed by atoms with Crippen LogP contribution in [0.15, 0.2) is 18.2 Å². The molecule has 2 fully saturated rings. The first-order chi connectivity index (χ1) is 11.5. The number of hydrogen-bond donors (Lipinski definition) is 2. The normalized spacial score (nSPS) is 42.0. The molecule has 1 aromatic carbocycles. The van der Waals surface area contributed by atoms with Crippen LogP contribution in [0.2, 0.25) is 0 Å². The van der Waals surface area contributed by atoms with E-state index in [9.17, 15) is 10.2 Å². The van der Waals surface area contributed by atoms with Crippen molar-refractivity contribution in [1.29, 1.82) is 0 Å². The van der Waals surface area contributed by atoms with Crippen LogP contribution >= 0.6 is 0 Å². The maximum absolute atomic E-state index is 11.1. The summed E-state index contributed by atoms with van der Waals surface area (Å²) >= 11 is 0. The summed E-state index contributed by atoms with van der Waals surface area (Å²) in [6.07, 6.45) is 4.77. The Balaban J connectivity index is 1.70. The van der Waals surface area contributed by atoms with Gasteiger partial charge in [0, 0.05) is 5.92 Å². The fourth-order valence-electron chi connectivity index (χ4n) is 6.60. The first kappa shape index (κ1) is 16.4. The van der Waals surface area contributed by atoms with Crippen molar-refractivity contribution >= 4 is 0 Å². The van der Waals surface area contributed by atoms with E-state index in [2.05, 4.69) is 19.1 Å². The van der Waals surface area contributed by atoms with Gasteiger partial charge in [-0.05, 0) is 85.5 Å². The van der Waals surface area contributed by atoms with Gasteiger partial charge < -0.3 is 14.9 Å². The summed E-state index contributed by atoms with van der Waals surface area (Å²) in [6, 6.07) is 6.37. The first-order valence-electron chi connectivity index (χ1n) is 9.48. The lowest BCUT2D eigenvalue weighted by molar-refractivity contribution is -0.0754. The Bertz CT molecular complexity index is 626. The maximum atomic E-state index is 11.1. The Morgan fingerprint density at radius 1 is 1.25 bits per heavy atom. The van der Waals surface area contributed by atoms with Gasteiger partial charge >= 0.3 is 0 Å². The minimum atomic E-state index is -0.303. The van der Waals surface area contributed by atoms with E-state index in [-0.39, 0.29) is 23.5 Å². The highest BCUT2D eigenvalue weighted by Crippen LogP contribution is 2.63. The van der Waals surface area contributed by atoms with Crippen molar-refractivity contribution in [2.24, 2.45) is 23.2 Å². The van der Waals surface area contributed by atoms with E-state index in [4.69, 9.17) is 4.74 Å². The van der Waals surface area contributed by atoms with Crippen LogP contribution in [0.4, 0.5) is 0 Å². The standard InChI is InChI=1S/C21H30O3/c1-12(22)17-8-9-18-16-6-4-13-10-14(24-3)5-7-15(13)20(16)19(23)11-21(17,18)2/h5,7,10,12,16-20,22-23H,4,6,8-9,11H2,1-3H3/t12?,16?,17?,18?,19?,20?,21-/m1/s1. The Morgan fingerprint density at radius 2 is 2.04 bits per heavy atom. The van der Waals surface area contributed by atoms with Gasteiger partial charge in [-0.1, -0.05) is 13.0 Å². The minimum Gasteiger partial charge on any atom is -0.497 e. The van der Waals surface area contributed by atoms with Gasteiger partial charge in [0.2, 0.25) is 0 Å². The maximum Gasteiger partial charge on any atom is 0.119 e. The van der Waals surface area contributed by atoms with E-state index in [0.717, 1.165) is 31.4 Å². The third kappa shape index (κ3) is 2.24. The van der Waals surface area contributed by atoms with Crippen LogP contribution in [-0.2, 0) is 6.42 Å². The van der Waals surface area contributed by atoms with E-state index in [1.165, 1.54) is 17.5 Å². The SMILES string of the molecule is COc1ccc2c(c1)CCC1C2C(O)C[C@]2(C)C(C(C)O)CCC12. The molecule has 2 saturated carbocycles. The van der Waals surface area contributed by atoms with Crippen LogP contribution in [0, 0.1) is 23.2 Å². The van der Waals surface area contributed by atoms with Gasteiger partial charge in [-0.3, -0.25) is 0 Å². The summed E-state index contributed by atoms with van der Waals surface area (Å²) in [7, 11) is 1.71. The number of ether oxygens (including phenoxy) is 1. The third-order valence-corrected chi connectivity index (χ3v) is 7.56. The molecule has 1 aromatic rings. The number of aliphatic hydroxyl groups is 2. The smallest absolute Gasteiger partial charge is 0.119 e. The van der Waals surface area contributed by atoms with E-state index in [1.807, 2.05) is 13.0 Å². The second-order valence-electron chi connectivity index (χ2n) is 8.60. The van der Waals surface area contributed by atoms with Crippen molar-refractivity contribution < 1.29 is 14.9 Å². The van der Waals surface area contributed by atoms with Crippen molar-refractivity contribution in [3.8, 4) is 5.75 Å². The van der Waals surface area contributed by atoms with E-state index in [0.29, 0.717) is 17.8 Å². The zero-order valence-corrected chi connectivity index (χ0v) is 15.0. The molecule has 3 aliphatic rings. The molecule has 6 unspecified atom stereocenters. The number of aliphatic hydroxyl groups excluding tert-OH is 2. The van der Waals surface area contributed by atoms with Crippen LogP contribution in [0.5, 0.6) is 5.75 Å². The Morgan fingerprint density at radius 3 is 2.75 bits per heavy atom. The highest BCUT2D eigenvalue weighted by atomic mass is 16.5. The molecule has 3 aliphatic carbocycles. The molecule has 3 nitrogen and oxygen atoms in total. The molecule has 24 heavy (non-hydrogen) atoms. The number of methoxy groups -OCH3 is 1. The van der Waals surface area contributed by atoms with Crippen LogP contribution in [0.25, 0.3) is 0 Å². The van der Waals surface area contributed by atoms with Gasteiger partial charge in [-0.15, -0.1) is 0 Å². The van der Waals surface area contributed by atoms with Crippen molar-refractivity contribution in [3.05, 3.63) is 29.3 Å². The molecule has 0 spiro atoms. The number of benzene rings is 1. The fourth-order valence-corrected chi connectivity index (χ4v) is 6.60. The van der Waals surface area contributed by atoms with Crippen molar-refractivity contribution in [2.45, 2.75) is 64.1 Å². The van der Waals surface area contributed by atoms with Crippen molar-refractivity contribution in [1.82, 2.24) is 0 Å². The molecule has 0 saturated heterocycles. The van der Waals surface area contributed by atoms with E-state index < -0.39 is 0 Å². The topological polar surface area (TPSA) is 49.7 Å².